The van der Waals surface area contributed by atoms with Gasteiger partial charge in [-0.2, -0.15) is 0 Å². The molecule has 0 aromatic rings. The lowest BCUT2D eigenvalue weighted by Crippen LogP contribution is -2.27. The van der Waals surface area contributed by atoms with Crippen LogP contribution in [-0.4, -0.2) is 25.3 Å². The maximum atomic E-state index is 7.65. The Kier molecular flexibility index (Phi) is 7.56. The molecule has 0 unspecified atom stereocenters. The lowest BCUT2D eigenvalue weighted by atomic mass is 9.94. The van der Waals surface area contributed by atoms with Crippen LogP contribution in [0.2, 0.25) is 0 Å². The molecule has 7 heteroatoms. The van der Waals surface area contributed by atoms with Crippen molar-refractivity contribution >= 4 is 18.3 Å². The molecule has 0 aromatic heterocycles. The lowest BCUT2D eigenvalue weighted by molar-refractivity contribution is 0.592. The molecule has 2 rings (SSSR count). The summed E-state index contributed by atoms with van der Waals surface area (Å²) in [5.74, 6) is 1.30. The van der Waals surface area contributed by atoms with Crippen LogP contribution in [0.3, 0.4) is 0 Å². The number of aliphatic imine (C=N–C) groups is 2. The largest absolute Gasteiger partial charge is 0.404 e. The molecule has 0 spiro atoms. The van der Waals surface area contributed by atoms with E-state index < -0.39 is 0 Å². The number of hydrogen-bond acceptors (Lipinski definition) is 6. The molecule has 2 aliphatic rings. The first-order chi connectivity index (χ1) is 13.6. The highest BCUT2D eigenvalue weighted by molar-refractivity contribution is 5.97. The summed E-state index contributed by atoms with van der Waals surface area (Å²) in [6.45, 7) is 4.22. The SMILES string of the molecule is CCC(CC)C(C=N)=CC(N)=NC1=CC=C2NC=C(C(C=NC)=CN)C=C2N1. The summed E-state index contributed by atoms with van der Waals surface area (Å²) < 4.78 is 0. The Balaban J connectivity index is 2.23. The molecule has 0 radical (unpaired) electrons. The zero-order chi connectivity index (χ0) is 20.5. The predicted octanol–water partition coefficient (Wildman–Crippen LogP) is 2.60. The van der Waals surface area contributed by atoms with E-state index in [1.807, 2.05) is 24.4 Å². The molecule has 2 aliphatic heterocycles. The van der Waals surface area contributed by atoms with E-state index in [0.29, 0.717) is 17.6 Å². The number of dihydropyridines is 2. The van der Waals surface area contributed by atoms with E-state index in [1.165, 1.54) is 12.4 Å². The van der Waals surface area contributed by atoms with Gasteiger partial charge in [0.05, 0.1) is 11.4 Å². The standard InChI is InChI=1S/C21H29N7/c1-4-14(5-2)15(10-22)9-20(24)28-21-7-6-18-19(27-21)8-16(13-26-18)17(11-23)12-25-3/h6-14,22,26-27H,4-5,23H2,1-3H3,(H2,24,28). The number of fused-ring (bicyclic) bond motifs is 1. The van der Waals surface area contributed by atoms with Crippen molar-refractivity contribution in [1.29, 1.82) is 5.41 Å². The molecule has 7 N–H and O–H groups in total. The molecular weight excluding hydrogens is 350 g/mol. The van der Waals surface area contributed by atoms with Crippen molar-refractivity contribution in [3.63, 3.8) is 0 Å². The minimum Gasteiger partial charge on any atom is -0.404 e. The van der Waals surface area contributed by atoms with Crippen LogP contribution in [-0.2, 0) is 0 Å². The van der Waals surface area contributed by atoms with E-state index in [2.05, 4.69) is 34.5 Å². The average molecular weight is 380 g/mol. The second kappa shape index (κ2) is 10.1. The van der Waals surface area contributed by atoms with Gasteiger partial charge in [-0.3, -0.25) is 4.99 Å². The number of amidine groups is 1. The molecule has 0 saturated carbocycles. The number of rotatable bonds is 8. The van der Waals surface area contributed by atoms with Crippen LogP contribution in [0, 0.1) is 11.3 Å². The highest BCUT2D eigenvalue weighted by Crippen LogP contribution is 2.22. The Morgan fingerprint density at radius 1 is 1.25 bits per heavy atom. The molecule has 0 aromatic carbocycles. The summed E-state index contributed by atoms with van der Waals surface area (Å²) >= 11 is 0. The second-order valence-corrected chi connectivity index (χ2v) is 6.41. The third kappa shape index (κ3) is 5.09. The van der Waals surface area contributed by atoms with Crippen molar-refractivity contribution < 1.29 is 0 Å². The molecule has 0 saturated heterocycles. The van der Waals surface area contributed by atoms with E-state index >= 15 is 0 Å². The molecule has 0 fully saturated rings. The summed E-state index contributed by atoms with van der Waals surface area (Å²) in [5, 5.41) is 14.2. The van der Waals surface area contributed by atoms with Crippen molar-refractivity contribution in [1.82, 2.24) is 10.6 Å². The van der Waals surface area contributed by atoms with Crippen LogP contribution >= 0.6 is 0 Å². The fraction of sp³-hybridized carbons (Fsp3) is 0.286. The monoisotopic (exact) mass is 379 g/mol. The Morgan fingerprint density at radius 2 is 2.00 bits per heavy atom. The molecular formula is C21H29N7. The number of nitrogens with zero attached hydrogens (tertiary/aromatic N) is 2. The molecule has 0 aliphatic carbocycles. The molecule has 0 amide bonds. The zero-order valence-electron chi connectivity index (χ0n) is 16.7. The first-order valence-corrected chi connectivity index (χ1v) is 9.34. The van der Waals surface area contributed by atoms with Crippen molar-refractivity contribution in [2.45, 2.75) is 26.7 Å². The lowest BCUT2D eigenvalue weighted by Gasteiger charge is -2.23. The van der Waals surface area contributed by atoms with E-state index in [9.17, 15) is 0 Å². The van der Waals surface area contributed by atoms with Crippen molar-refractivity contribution in [3.8, 4) is 0 Å². The maximum absolute atomic E-state index is 7.65. The Morgan fingerprint density at radius 3 is 2.61 bits per heavy atom. The highest BCUT2D eigenvalue weighted by atomic mass is 15.1. The molecule has 2 heterocycles. The first-order valence-electron chi connectivity index (χ1n) is 9.34. The number of nitrogens with one attached hydrogen (secondary N) is 3. The summed E-state index contributed by atoms with van der Waals surface area (Å²) in [5.41, 5.74) is 16.2. The Bertz CT molecular complexity index is 844. The van der Waals surface area contributed by atoms with Gasteiger partial charge in [-0.15, -0.1) is 0 Å². The molecule has 148 valence electrons. The van der Waals surface area contributed by atoms with Crippen molar-refractivity contribution in [3.05, 3.63) is 70.6 Å². The van der Waals surface area contributed by atoms with Crippen LogP contribution in [0.4, 0.5) is 0 Å². The van der Waals surface area contributed by atoms with Gasteiger partial charge in [-0.25, -0.2) is 4.99 Å². The molecule has 7 nitrogen and oxygen atoms in total. The zero-order valence-corrected chi connectivity index (χ0v) is 16.7. The van der Waals surface area contributed by atoms with Crippen molar-refractivity contribution in [2.75, 3.05) is 7.05 Å². The Labute approximate surface area is 166 Å². The van der Waals surface area contributed by atoms with Crippen LogP contribution in [0.25, 0.3) is 0 Å². The third-order valence-electron chi connectivity index (χ3n) is 4.61. The van der Waals surface area contributed by atoms with E-state index in [1.54, 1.807) is 19.3 Å². The van der Waals surface area contributed by atoms with Gasteiger partial charge in [-0.1, -0.05) is 13.8 Å². The van der Waals surface area contributed by atoms with Gasteiger partial charge in [0.2, 0.25) is 0 Å². The van der Waals surface area contributed by atoms with E-state index in [0.717, 1.165) is 41.0 Å². The van der Waals surface area contributed by atoms with Crippen LogP contribution < -0.4 is 22.1 Å². The topological polar surface area (TPSA) is 125 Å². The second-order valence-electron chi connectivity index (χ2n) is 6.41. The third-order valence-corrected chi connectivity index (χ3v) is 4.61. The first kappa shape index (κ1) is 21.0. The van der Waals surface area contributed by atoms with Gasteiger partial charge in [-0.05, 0) is 48.6 Å². The highest BCUT2D eigenvalue weighted by Gasteiger charge is 2.16. The minimum absolute atomic E-state index is 0.311. The Hall–Kier alpha value is -3.35. The number of hydrogen-bond donors (Lipinski definition) is 5. The molecule has 0 bridgehead atoms. The van der Waals surface area contributed by atoms with Crippen LogP contribution in [0.5, 0.6) is 0 Å². The number of nitrogens with two attached hydrogens (primary N) is 2. The van der Waals surface area contributed by atoms with Gasteiger partial charge >= 0.3 is 0 Å². The molecule has 0 atom stereocenters. The molecule has 28 heavy (non-hydrogen) atoms. The minimum atomic E-state index is 0.311. The van der Waals surface area contributed by atoms with E-state index in [4.69, 9.17) is 16.9 Å². The summed E-state index contributed by atoms with van der Waals surface area (Å²) in [6, 6.07) is 0. The fourth-order valence-electron chi connectivity index (χ4n) is 3.06. The fourth-order valence-corrected chi connectivity index (χ4v) is 3.06. The van der Waals surface area contributed by atoms with Gasteiger partial charge in [0.1, 0.15) is 11.7 Å². The quantitative estimate of drug-likeness (QED) is 0.328. The summed E-state index contributed by atoms with van der Waals surface area (Å²) in [4.78, 5) is 8.48. The van der Waals surface area contributed by atoms with Gasteiger partial charge in [0.25, 0.3) is 0 Å². The van der Waals surface area contributed by atoms with Crippen molar-refractivity contribution in [2.24, 2.45) is 27.4 Å². The van der Waals surface area contributed by atoms with Crippen LogP contribution in [0.15, 0.2) is 80.6 Å². The van der Waals surface area contributed by atoms with Crippen LogP contribution in [0.1, 0.15) is 26.7 Å². The maximum Gasteiger partial charge on any atom is 0.132 e. The summed E-state index contributed by atoms with van der Waals surface area (Å²) in [6.07, 6.45) is 15.9. The smallest absolute Gasteiger partial charge is 0.132 e. The van der Waals surface area contributed by atoms with Gasteiger partial charge in [0, 0.05) is 43.0 Å². The average Bonchev–Trinajstić information content (AvgIpc) is 2.71. The number of allylic oxidation sites excluding steroid dienone is 6. The predicted molar refractivity (Wildman–Crippen MR) is 118 cm³/mol. The van der Waals surface area contributed by atoms with Gasteiger partial charge in [0.15, 0.2) is 0 Å². The van der Waals surface area contributed by atoms with E-state index in [-0.39, 0.29) is 0 Å². The van der Waals surface area contributed by atoms with Gasteiger partial charge < -0.3 is 27.5 Å². The summed E-state index contributed by atoms with van der Waals surface area (Å²) in [7, 11) is 1.70. The normalized spacial score (nSPS) is 17.9.